The van der Waals surface area contributed by atoms with E-state index < -0.39 is 0 Å². The number of rotatable bonds is 3. The molecule has 0 saturated heterocycles. The zero-order valence-electron chi connectivity index (χ0n) is 11.4. The molecule has 1 aliphatic heterocycles. The lowest BCUT2D eigenvalue weighted by Gasteiger charge is -2.11. The van der Waals surface area contributed by atoms with Crippen molar-refractivity contribution in [1.29, 1.82) is 0 Å². The number of halogens is 1. The fourth-order valence-electron chi connectivity index (χ4n) is 2.29. The van der Waals surface area contributed by atoms with Crippen LogP contribution in [0.1, 0.15) is 17.2 Å². The van der Waals surface area contributed by atoms with Crippen LogP contribution in [0.25, 0.3) is 5.70 Å². The van der Waals surface area contributed by atoms with E-state index in [0.29, 0.717) is 0 Å². The van der Waals surface area contributed by atoms with Gasteiger partial charge in [-0.25, -0.2) is 5.43 Å². The molecule has 0 amide bonds. The van der Waals surface area contributed by atoms with Crippen LogP contribution in [0.15, 0.2) is 53.0 Å². The Morgan fingerprint density at radius 2 is 1.90 bits per heavy atom. The van der Waals surface area contributed by atoms with Crippen molar-refractivity contribution < 1.29 is 9.84 Å². The zero-order chi connectivity index (χ0) is 14.8. The minimum absolute atomic E-state index is 0.0837. The van der Waals surface area contributed by atoms with Crippen LogP contribution in [0.5, 0.6) is 11.5 Å². The molecule has 1 unspecified atom stereocenters. The Kier molecular flexibility index (Phi) is 3.86. The summed E-state index contributed by atoms with van der Waals surface area (Å²) in [5, 5.41) is 9.99. The van der Waals surface area contributed by atoms with Crippen LogP contribution in [0.3, 0.4) is 0 Å². The van der Waals surface area contributed by atoms with Crippen molar-refractivity contribution in [1.82, 2.24) is 10.9 Å². The van der Waals surface area contributed by atoms with Crippen molar-refractivity contribution in [3.05, 3.63) is 64.1 Å². The summed E-state index contributed by atoms with van der Waals surface area (Å²) in [6, 6.07) is 13.1. The van der Waals surface area contributed by atoms with Crippen LogP contribution in [-0.2, 0) is 0 Å². The molecule has 0 fully saturated rings. The number of hydrazine groups is 1. The van der Waals surface area contributed by atoms with Gasteiger partial charge in [-0.3, -0.25) is 0 Å². The molecule has 1 aliphatic rings. The van der Waals surface area contributed by atoms with Crippen molar-refractivity contribution in [2.24, 2.45) is 0 Å². The Morgan fingerprint density at radius 1 is 1.14 bits per heavy atom. The minimum Gasteiger partial charge on any atom is -0.508 e. The van der Waals surface area contributed by atoms with Gasteiger partial charge in [0.1, 0.15) is 11.5 Å². The average molecular weight is 347 g/mol. The molecule has 0 spiro atoms. The topological polar surface area (TPSA) is 53.5 Å². The van der Waals surface area contributed by atoms with Gasteiger partial charge < -0.3 is 15.3 Å². The van der Waals surface area contributed by atoms with Crippen LogP contribution in [0, 0.1) is 0 Å². The van der Waals surface area contributed by atoms with E-state index in [4.69, 9.17) is 4.74 Å². The normalized spacial score (nSPS) is 17.2. The maximum atomic E-state index is 9.99. The van der Waals surface area contributed by atoms with Crippen molar-refractivity contribution in [2.75, 3.05) is 7.11 Å². The number of methoxy groups -OCH3 is 1. The molecular formula is C16H15BrN2O2. The molecule has 1 atom stereocenters. The van der Waals surface area contributed by atoms with Gasteiger partial charge in [0.2, 0.25) is 0 Å². The van der Waals surface area contributed by atoms with E-state index in [1.807, 2.05) is 42.5 Å². The van der Waals surface area contributed by atoms with Gasteiger partial charge in [0.05, 0.1) is 18.8 Å². The van der Waals surface area contributed by atoms with Gasteiger partial charge in [-0.1, -0.05) is 15.9 Å². The van der Waals surface area contributed by atoms with Crippen LogP contribution < -0.4 is 15.6 Å². The van der Waals surface area contributed by atoms with E-state index in [-0.39, 0.29) is 11.8 Å². The van der Waals surface area contributed by atoms with E-state index >= 15 is 0 Å². The summed E-state index contributed by atoms with van der Waals surface area (Å²) in [7, 11) is 1.65. The first-order chi connectivity index (χ1) is 10.2. The summed E-state index contributed by atoms with van der Waals surface area (Å²) < 4.78 is 6.09. The Hall–Kier alpha value is -1.98. The van der Waals surface area contributed by atoms with E-state index in [1.165, 1.54) is 0 Å². The maximum absolute atomic E-state index is 9.99. The number of ether oxygens (including phenoxy) is 1. The molecule has 0 radical (unpaired) electrons. The molecule has 1 heterocycles. The summed E-state index contributed by atoms with van der Waals surface area (Å²) in [5.74, 6) is 1.09. The summed E-state index contributed by atoms with van der Waals surface area (Å²) in [6.07, 6.45) is 2.04. The Balaban J connectivity index is 1.87. The third kappa shape index (κ3) is 2.89. The van der Waals surface area contributed by atoms with Crippen LogP contribution in [-0.4, -0.2) is 12.2 Å². The summed E-state index contributed by atoms with van der Waals surface area (Å²) >= 11 is 3.43. The minimum atomic E-state index is -0.0837. The largest absolute Gasteiger partial charge is 0.508 e. The molecule has 5 heteroatoms. The molecule has 2 aromatic rings. The number of phenolic OH excluding ortho intramolecular Hbond substituents is 1. The summed E-state index contributed by atoms with van der Waals surface area (Å²) in [6.45, 7) is 0. The molecule has 3 rings (SSSR count). The monoisotopic (exact) mass is 346 g/mol. The van der Waals surface area contributed by atoms with Gasteiger partial charge in [-0.05, 0) is 54.1 Å². The lowest BCUT2D eigenvalue weighted by molar-refractivity contribution is 0.415. The van der Waals surface area contributed by atoms with Gasteiger partial charge in [-0.2, -0.15) is 0 Å². The second-order valence-corrected chi connectivity index (χ2v) is 5.67. The highest BCUT2D eigenvalue weighted by Crippen LogP contribution is 2.32. The quantitative estimate of drug-likeness (QED) is 0.797. The number of phenols is 1. The highest BCUT2D eigenvalue weighted by atomic mass is 79.9. The van der Waals surface area contributed by atoms with Crippen molar-refractivity contribution >= 4 is 21.6 Å². The number of nitrogens with one attached hydrogen (secondary N) is 2. The van der Waals surface area contributed by atoms with E-state index in [9.17, 15) is 5.11 Å². The average Bonchev–Trinajstić information content (AvgIpc) is 2.99. The van der Waals surface area contributed by atoms with E-state index in [0.717, 1.165) is 27.0 Å². The Morgan fingerprint density at radius 3 is 2.62 bits per heavy atom. The SMILES string of the molecule is COc1ccc(C2=CC(c3cc(Br)ccc3O)NN2)cc1. The number of hydrogen-bond donors (Lipinski definition) is 3. The van der Waals surface area contributed by atoms with Crippen molar-refractivity contribution in [3.8, 4) is 11.5 Å². The Labute approximate surface area is 131 Å². The lowest BCUT2D eigenvalue weighted by Crippen LogP contribution is -2.26. The third-order valence-electron chi connectivity index (χ3n) is 3.42. The van der Waals surface area contributed by atoms with Gasteiger partial charge in [0, 0.05) is 10.0 Å². The first-order valence-electron chi connectivity index (χ1n) is 6.53. The van der Waals surface area contributed by atoms with Crippen LogP contribution in [0.4, 0.5) is 0 Å². The predicted octanol–water partition coefficient (Wildman–Crippen LogP) is 3.35. The second kappa shape index (κ2) is 5.79. The number of aromatic hydroxyl groups is 1. The van der Waals surface area contributed by atoms with E-state index in [2.05, 4.69) is 26.8 Å². The standard InChI is InChI=1S/C16H15BrN2O2/c1-21-12-5-2-10(3-6-12)14-9-15(19-18-14)13-8-11(17)4-7-16(13)20/h2-9,15,18-20H,1H3. The molecule has 0 bridgehead atoms. The molecule has 108 valence electrons. The highest BCUT2D eigenvalue weighted by molar-refractivity contribution is 9.10. The Bertz CT molecular complexity index is 683. The van der Waals surface area contributed by atoms with Crippen molar-refractivity contribution in [3.63, 3.8) is 0 Å². The second-order valence-electron chi connectivity index (χ2n) is 4.76. The molecule has 2 aromatic carbocycles. The van der Waals surface area contributed by atoms with Gasteiger partial charge in [0.15, 0.2) is 0 Å². The molecule has 0 saturated carbocycles. The molecule has 21 heavy (non-hydrogen) atoms. The number of hydrogen-bond acceptors (Lipinski definition) is 4. The molecule has 0 aromatic heterocycles. The van der Waals surface area contributed by atoms with Gasteiger partial charge >= 0.3 is 0 Å². The molecule has 0 aliphatic carbocycles. The highest BCUT2D eigenvalue weighted by Gasteiger charge is 2.20. The van der Waals surface area contributed by atoms with Gasteiger partial charge in [0.25, 0.3) is 0 Å². The van der Waals surface area contributed by atoms with Crippen LogP contribution >= 0.6 is 15.9 Å². The third-order valence-corrected chi connectivity index (χ3v) is 3.91. The number of benzene rings is 2. The first kappa shape index (κ1) is 14.0. The van der Waals surface area contributed by atoms with Gasteiger partial charge in [-0.15, -0.1) is 0 Å². The first-order valence-corrected chi connectivity index (χ1v) is 7.33. The fraction of sp³-hybridized carbons (Fsp3) is 0.125. The molecule has 3 N–H and O–H groups in total. The molecule has 4 nitrogen and oxygen atoms in total. The summed E-state index contributed by atoms with van der Waals surface area (Å²) in [4.78, 5) is 0. The zero-order valence-corrected chi connectivity index (χ0v) is 13.0. The fourth-order valence-corrected chi connectivity index (χ4v) is 2.67. The summed E-state index contributed by atoms with van der Waals surface area (Å²) in [5.41, 5.74) is 9.16. The molecular weight excluding hydrogens is 332 g/mol. The maximum Gasteiger partial charge on any atom is 0.120 e. The predicted molar refractivity (Wildman–Crippen MR) is 85.8 cm³/mol. The smallest absolute Gasteiger partial charge is 0.120 e. The van der Waals surface area contributed by atoms with E-state index in [1.54, 1.807) is 13.2 Å². The van der Waals surface area contributed by atoms with Crippen LogP contribution in [0.2, 0.25) is 0 Å². The van der Waals surface area contributed by atoms with Crippen molar-refractivity contribution in [2.45, 2.75) is 6.04 Å². The lowest BCUT2D eigenvalue weighted by atomic mass is 10.0.